The summed E-state index contributed by atoms with van der Waals surface area (Å²) in [7, 11) is 0. The van der Waals surface area contributed by atoms with Gasteiger partial charge in [-0.2, -0.15) is 0 Å². The van der Waals surface area contributed by atoms with Crippen LogP contribution in [0.25, 0.3) is 0 Å². The summed E-state index contributed by atoms with van der Waals surface area (Å²) in [6, 6.07) is 12.5. The highest BCUT2D eigenvalue weighted by molar-refractivity contribution is 5.88. The Labute approximate surface area is 150 Å². The topological polar surface area (TPSA) is 111 Å². The summed E-state index contributed by atoms with van der Waals surface area (Å²) in [6.07, 6.45) is 0. The van der Waals surface area contributed by atoms with Gasteiger partial charge < -0.3 is 15.4 Å². The van der Waals surface area contributed by atoms with Crippen LogP contribution in [-0.2, 0) is 9.59 Å². The van der Waals surface area contributed by atoms with Crippen molar-refractivity contribution in [2.45, 2.75) is 19.9 Å². The first-order valence-corrected chi connectivity index (χ1v) is 7.89. The molecule has 0 bridgehead atoms. The summed E-state index contributed by atoms with van der Waals surface area (Å²) < 4.78 is 5.30. The van der Waals surface area contributed by atoms with Gasteiger partial charge >= 0.3 is 0 Å². The van der Waals surface area contributed by atoms with E-state index in [1.54, 1.807) is 31.2 Å². The molecule has 0 aliphatic heterocycles. The second-order valence-electron chi connectivity index (χ2n) is 5.64. The fraction of sp³-hybridized carbons (Fsp3) is 0.222. The van der Waals surface area contributed by atoms with Gasteiger partial charge in [0.05, 0.1) is 17.0 Å². The SMILES string of the molecule is CC(=O)Nc1cccc(C(C)NC(=O)COc2cccc([N+](=O)[O-])c2)c1. The number of non-ortho nitro benzene ring substituents is 1. The molecule has 0 radical (unpaired) electrons. The Bertz CT molecular complexity index is 822. The molecular weight excluding hydrogens is 338 g/mol. The number of nitro benzene ring substituents is 1. The van der Waals surface area contributed by atoms with Gasteiger partial charge in [0.15, 0.2) is 6.61 Å². The first-order valence-electron chi connectivity index (χ1n) is 7.89. The normalized spacial score (nSPS) is 11.3. The Balaban J connectivity index is 1.92. The van der Waals surface area contributed by atoms with E-state index in [9.17, 15) is 19.7 Å². The lowest BCUT2D eigenvalue weighted by atomic mass is 10.1. The third-order valence-electron chi connectivity index (χ3n) is 3.48. The Morgan fingerprint density at radius 3 is 2.62 bits per heavy atom. The second-order valence-corrected chi connectivity index (χ2v) is 5.64. The van der Waals surface area contributed by atoms with Gasteiger partial charge in [0, 0.05) is 18.7 Å². The number of carbonyl (C=O) groups is 2. The highest BCUT2D eigenvalue weighted by atomic mass is 16.6. The standard InChI is InChI=1S/C18H19N3O5/c1-12(14-5-3-6-15(9-14)20-13(2)22)19-18(23)11-26-17-8-4-7-16(10-17)21(24)25/h3-10,12H,11H2,1-2H3,(H,19,23)(H,20,22). The molecule has 0 saturated heterocycles. The molecule has 0 saturated carbocycles. The number of hydrogen-bond donors (Lipinski definition) is 2. The number of nitrogens with one attached hydrogen (secondary N) is 2. The molecule has 1 atom stereocenters. The van der Waals surface area contributed by atoms with E-state index in [0.29, 0.717) is 5.69 Å². The maximum atomic E-state index is 12.0. The predicted octanol–water partition coefficient (Wildman–Crippen LogP) is 2.81. The number of hydrogen-bond acceptors (Lipinski definition) is 5. The molecule has 0 aliphatic carbocycles. The fourth-order valence-electron chi connectivity index (χ4n) is 2.29. The van der Waals surface area contributed by atoms with Crippen molar-refractivity contribution in [2.24, 2.45) is 0 Å². The highest BCUT2D eigenvalue weighted by Crippen LogP contribution is 2.20. The molecule has 2 aromatic carbocycles. The molecule has 26 heavy (non-hydrogen) atoms. The first kappa shape index (κ1) is 18.9. The van der Waals surface area contributed by atoms with Crippen molar-refractivity contribution >= 4 is 23.2 Å². The van der Waals surface area contributed by atoms with Crippen LogP contribution in [0.3, 0.4) is 0 Å². The lowest BCUT2D eigenvalue weighted by Crippen LogP contribution is -2.31. The minimum atomic E-state index is -0.531. The van der Waals surface area contributed by atoms with Crippen LogP contribution in [-0.4, -0.2) is 23.3 Å². The number of carbonyl (C=O) groups excluding carboxylic acids is 2. The minimum Gasteiger partial charge on any atom is -0.484 e. The van der Waals surface area contributed by atoms with Crippen LogP contribution < -0.4 is 15.4 Å². The van der Waals surface area contributed by atoms with Crippen molar-refractivity contribution in [1.82, 2.24) is 5.32 Å². The van der Waals surface area contributed by atoms with Gasteiger partial charge in [-0.15, -0.1) is 0 Å². The first-order chi connectivity index (χ1) is 12.3. The second kappa shape index (κ2) is 8.61. The van der Waals surface area contributed by atoms with E-state index in [-0.39, 0.29) is 35.9 Å². The molecule has 1 unspecified atom stereocenters. The number of amides is 2. The number of benzene rings is 2. The average Bonchev–Trinajstić information content (AvgIpc) is 2.60. The summed E-state index contributed by atoms with van der Waals surface area (Å²) >= 11 is 0. The Hall–Kier alpha value is -3.42. The Morgan fingerprint density at radius 2 is 1.92 bits per heavy atom. The molecule has 136 valence electrons. The third-order valence-corrected chi connectivity index (χ3v) is 3.48. The lowest BCUT2D eigenvalue weighted by Gasteiger charge is -2.16. The van der Waals surface area contributed by atoms with Crippen molar-refractivity contribution in [3.63, 3.8) is 0 Å². The lowest BCUT2D eigenvalue weighted by molar-refractivity contribution is -0.384. The Kier molecular flexibility index (Phi) is 6.26. The van der Waals surface area contributed by atoms with Gasteiger partial charge in [-0.25, -0.2) is 0 Å². The molecule has 0 spiro atoms. The highest BCUT2D eigenvalue weighted by Gasteiger charge is 2.12. The molecule has 8 heteroatoms. The average molecular weight is 357 g/mol. The van der Waals surface area contributed by atoms with Crippen molar-refractivity contribution in [3.05, 3.63) is 64.2 Å². The summed E-state index contributed by atoms with van der Waals surface area (Å²) in [6.45, 7) is 2.96. The molecule has 2 amide bonds. The summed E-state index contributed by atoms with van der Waals surface area (Å²) in [4.78, 5) is 33.4. The van der Waals surface area contributed by atoms with Crippen LogP contribution in [0.15, 0.2) is 48.5 Å². The zero-order chi connectivity index (χ0) is 19.1. The number of ether oxygens (including phenoxy) is 1. The van der Waals surface area contributed by atoms with Gasteiger partial charge in [-0.1, -0.05) is 18.2 Å². The van der Waals surface area contributed by atoms with Crippen LogP contribution in [0.2, 0.25) is 0 Å². The van der Waals surface area contributed by atoms with Gasteiger partial charge in [0.25, 0.3) is 11.6 Å². The molecule has 8 nitrogen and oxygen atoms in total. The van der Waals surface area contributed by atoms with Crippen molar-refractivity contribution < 1.29 is 19.2 Å². The van der Waals surface area contributed by atoms with Crippen LogP contribution in [0.5, 0.6) is 5.75 Å². The molecule has 2 rings (SSSR count). The van der Waals surface area contributed by atoms with E-state index in [1.807, 2.05) is 6.07 Å². The molecule has 0 heterocycles. The van der Waals surface area contributed by atoms with Crippen LogP contribution >= 0.6 is 0 Å². The van der Waals surface area contributed by atoms with Crippen molar-refractivity contribution in [2.75, 3.05) is 11.9 Å². The molecule has 2 aromatic rings. The molecule has 0 aliphatic rings. The Morgan fingerprint density at radius 1 is 1.19 bits per heavy atom. The van der Waals surface area contributed by atoms with Gasteiger partial charge in [-0.05, 0) is 30.7 Å². The van der Waals surface area contributed by atoms with Crippen LogP contribution in [0.1, 0.15) is 25.5 Å². The third kappa shape index (κ3) is 5.59. The van der Waals surface area contributed by atoms with Gasteiger partial charge in [0.1, 0.15) is 5.75 Å². The fourth-order valence-corrected chi connectivity index (χ4v) is 2.29. The predicted molar refractivity (Wildman–Crippen MR) is 95.9 cm³/mol. The monoisotopic (exact) mass is 357 g/mol. The minimum absolute atomic E-state index is 0.105. The summed E-state index contributed by atoms with van der Waals surface area (Å²) in [5.74, 6) is -0.298. The maximum Gasteiger partial charge on any atom is 0.273 e. The van der Waals surface area contributed by atoms with E-state index < -0.39 is 4.92 Å². The largest absolute Gasteiger partial charge is 0.484 e. The van der Waals surface area contributed by atoms with E-state index in [2.05, 4.69) is 10.6 Å². The van der Waals surface area contributed by atoms with E-state index in [1.165, 1.54) is 25.1 Å². The molecular formula is C18H19N3O5. The van der Waals surface area contributed by atoms with E-state index >= 15 is 0 Å². The van der Waals surface area contributed by atoms with Gasteiger partial charge in [0.2, 0.25) is 5.91 Å². The van der Waals surface area contributed by atoms with Crippen LogP contribution in [0, 0.1) is 10.1 Å². The molecule has 0 fully saturated rings. The van der Waals surface area contributed by atoms with Crippen molar-refractivity contribution in [3.8, 4) is 5.75 Å². The molecule has 0 aromatic heterocycles. The zero-order valence-corrected chi connectivity index (χ0v) is 14.4. The number of anilines is 1. The van der Waals surface area contributed by atoms with E-state index in [4.69, 9.17) is 4.74 Å². The number of nitro groups is 1. The quantitative estimate of drug-likeness (QED) is 0.585. The maximum absolute atomic E-state index is 12.0. The van der Waals surface area contributed by atoms with E-state index in [0.717, 1.165) is 5.56 Å². The van der Waals surface area contributed by atoms with Crippen molar-refractivity contribution in [1.29, 1.82) is 0 Å². The molecule has 2 N–H and O–H groups in total. The smallest absolute Gasteiger partial charge is 0.273 e. The van der Waals surface area contributed by atoms with Gasteiger partial charge in [-0.3, -0.25) is 19.7 Å². The van der Waals surface area contributed by atoms with Crippen LogP contribution in [0.4, 0.5) is 11.4 Å². The number of rotatable bonds is 7. The summed E-state index contributed by atoms with van der Waals surface area (Å²) in [5, 5.41) is 16.2. The zero-order valence-electron chi connectivity index (χ0n) is 14.4. The number of nitrogens with zero attached hydrogens (tertiary/aromatic N) is 1. The summed E-state index contributed by atoms with van der Waals surface area (Å²) in [5.41, 5.74) is 1.36.